The molecule has 0 radical (unpaired) electrons. The molecule has 9 nitrogen and oxygen atoms in total. The maximum Gasteiger partial charge on any atom is 0.303 e. The van der Waals surface area contributed by atoms with Crippen molar-refractivity contribution >= 4 is 22.0 Å². The van der Waals surface area contributed by atoms with Crippen LogP contribution >= 0.6 is 0 Å². The Hall–Kier alpha value is -2.01. The summed E-state index contributed by atoms with van der Waals surface area (Å²) >= 11 is 0. The fourth-order valence-corrected chi connectivity index (χ4v) is 5.27. The SMILES string of the molecule is CCCCCCS(=O)(=O)N(Cc1ccccc1)CC(O)CN(CCCC(=O)O)CCCC(=O)O. The molecular formula is C24H40N2O7S. The van der Waals surface area contributed by atoms with Crippen LogP contribution in [0.4, 0.5) is 0 Å². The molecule has 1 aromatic rings. The number of aliphatic hydroxyl groups is 1. The Morgan fingerprint density at radius 2 is 1.47 bits per heavy atom. The van der Waals surface area contributed by atoms with E-state index in [1.807, 2.05) is 35.2 Å². The van der Waals surface area contributed by atoms with Gasteiger partial charge in [-0.3, -0.25) is 9.59 Å². The molecule has 1 aromatic carbocycles. The standard InChI is InChI=1S/C24H40N2O7S/c1-2-3-4-8-17-34(32,33)26(18-21-11-6-5-7-12-21)20-22(27)19-25(15-9-13-23(28)29)16-10-14-24(30)31/h5-7,11-12,22,27H,2-4,8-10,13-20H2,1H3,(H,28,29)(H,30,31). The van der Waals surface area contributed by atoms with Gasteiger partial charge in [0, 0.05) is 32.5 Å². The third kappa shape index (κ3) is 13.6. The normalized spacial score (nSPS) is 12.8. The fourth-order valence-electron chi connectivity index (χ4n) is 3.70. The lowest BCUT2D eigenvalue weighted by Gasteiger charge is -2.29. The molecule has 3 N–H and O–H groups in total. The summed E-state index contributed by atoms with van der Waals surface area (Å²) in [6, 6.07) is 9.22. The van der Waals surface area contributed by atoms with Gasteiger partial charge in [0.1, 0.15) is 0 Å². The van der Waals surface area contributed by atoms with Crippen molar-refractivity contribution in [3.8, 4) is 0 Å². The van der Waals surface area contributed by atoms with Gasteiger partial charge in [-0.25, -0.2) is 8.42 Å². The molecule has 0 aliphatic rings. The number of carbonyl (C=O) groups is 2. The quantitative estimate of drug-likeness (QED) is 0.233. The second-order valence-corrected chi connectivity index (χ2v) is 10.7. The van der Waals surface area contributed by atoms with Gasteiger partial charge in [-0.2, -0.15) is 4.31 Å². The van der Waals surface area contributed by atoms with E-state index >= 15 is 0 Å². The first kappa shape index (κ1) is 30.0. The largest absolute Gasteiger partial charge is 0.481 e. The van der Waals surface area contributed by atoms with Crippen LogP contribution in [0.5, 0.6) is 0 Å². The van der Waals surface area contributed by atoms with Gasteiger partial charge in [-0.15, -0.1) is 0 Å². The summed E-state index contributed by atoms with van der Waals surface area (Å²) in [5.74, 6) is -1.82. The Bertz CT molecular complexity index is 798. The van der Waals surface area contributed by atoms with Crippen LogP contribution < -0.4 is 0 Å². The third-order valence-corrected chi connectivity index (χ3v) is 7.33. The molecule has 1 rings (SSSR count). The van der Waals surface area contributed by atoms with E-state index in [-0.39, 0.29) is 38.2 Å². The number of unbranched alkanes of at least 4 members (excludes halogenated alkanes) is 3. The van der Waals surface area contributed by atoms with Crippen molar-refractivity contribution in [2.24, 2.45) is 0 Å². The molecule has 0 aliphatic carbocycles. The van der Waals surface area contributed by atoms with Gasteiger partial charge in [0.2, 0.25) is 10.0 Å². The van der Waals surface area contributed by atoms with Gasteiger partial charge in [-0.1, -0.05) is 56.5 Å². The highest BCUT2D eigenvalue weighted by molar-refractivity contribution is 7.89. The lowest BCUT2D eigenvalue weighted by Crippen LogP contribution is -2.43. The highest BCUT2D eigenvalue weighted by Gasteiger charge is 2.25. The maximum absolute atomic E-state index is 13.1. The van der Waals surface area contributed by atoms with Crippen LogP contribution in [0.1, 0.15) is 63.9 Å². The van der Waals surface area contributed by atoms with Gasteiger partial charge < -0.3 is 20.2 Å². The van der Waals surface area contributed by atoms with Crippen LogP contribution in [-0.4, -0.2) is 82.9 Å². The predicted molar refractivity (Wildman–Crippen MR) is 131 cm³/mol. The number of aliphatic hydroxyl groups excluding tert-OH is 1. The smallest absolute Gasteiger partial charge is 0.303 e. The zero-order chi connectivity index (χ0) is 25.4. The van der Waals surface area contributed by atoms with Crippen LogP contribution in [0.25, 0.3) is 0 Å². The van der Waals surface area contributed by atoms with Crippen molar-refractivity contribution in [2.45, 2.75) is 70.9 Å². The Morgan fingerprint density at radius 1 is 0.882 bits per heavy atom. The molecule has 34 heavy (non-hydrogen) atoms. The van der Waals surface area contributed by atoms with E-state index < -0.39 is 28.1 Å². The molecule has 0 aliphatic heterocycles. The first-order valence-corrected chi connectivity index (χ1v) is 13.6. The third-order valence-electron chi connectivity index (χ3n) is 5.46. The molecule has 194 valence electrons. The average molecular weight is 501 g/mol. The van der Waals surface area contributed by atoms with Gasteiger partial charge >= 0.3 is 11.9 Å². The first-order valence-electron chi connectivity index (χ1n) is 12.0. The summed E-state index contributed by atoms with van der Waals surface area (Å²) in [4.78, 5) is 23.5. The molecule has 0 aromatic heterocycles. The van der Waals surface area contributed by atoms with E-state index in [1.54, 1.807) is 0 Å². The number of hydrogen-bond donors (Lipinski definition) is 3. The monoisotopic (exact) mass is 500 g/mol. The number of rotatable bonds is 20. The molecule has 0 spiro atoms. The Balaban J connectivity index is 2.85. The molecule has 1 unspecified atom stereocenters. The Morgan fingerprint density at radius 3 is 2.00 bits per heavy atom. The fraction of sp³-hybridized carbons (Fsp3) is 0.667. The van der Waals surface area contributed by atoms with Crippen molar-refractivity contribution < 1.29 is 33.3 Å². The zero-order valence-electron chi connectivity index (χ0n) is 20.1. The van der Waals surface area contributed by atoms with E-state index in [1.165, 1.54) is 4.31 Å². The minimum atomic E-state index is -3.59. The van der Waals surface area contributed by atoms with Crippen LogP contribution in [0, 0.1) is 0 Å². The first-order chi connectivity index (χ1) is 16.1. The van der Waals surface area contributed by atoms with Crippen LogP contribution in [0.3, 0.4) is 0 Å². The number of nitrogens with zero attached hydrogens (tertiary/aromatic N) is 2. The lowest BCUT2D eigenvalue weighted by atomic mass is 10.2. The van der Waals surface area contributed by atoms with Crippen molar-refractivity contribution in [3.05, 3.63) is 35.9 Å². The van der Waals surface area contributed by atoms with Crippen LogP contribution in [0.2, 0.25) is 0 Å². The Kier molecular flexibility index (Phi) is 14.6. The van der Waals surface area contributed by atoms with Crippen LogP contribution in [0.15, 0.2) is 30.3 Å². The summed E-state index contributed by atoms with van der Waals surface area (Å²) in [7, 11) is -3.59. The number of aliphatic carboxylic acids is 2. The lowest BCUT2D eigenvalue weighted by molar-refractivity contribution is -0.138. The van der Waals surface area contributed by atoms with Crippen molar-refractivity contribution in [1.29, 1.82) is 0 Å². The highest BCUT2D eigenvalue weighted by atomic mass is 32.2. The number of hydrogen-bond acceptors (Lipinski definition) is 6. The predicted octanol–water partition coefficient (Wildman–Crippen LogP) is 2.79. The minimum absolute atomic E-state index is 0.0213. The van der Waals surface area contributed by atoms with E-state index in [9.17, 15) is 23.1 Å². The second kappa shape index (κ2) is 16.6. The van der Waals surface area contributed by atoms with Crippen molar-refractivity contribution in [3.63, 3.8) is 0 Å². The number of carboxylic acids is 2. The summed E-state index contributed by atoms with van der Waals surface area (Å²) in [6.45, 7) is 3.03. The number of benzene rings is 1. The summed E-state index contributed by atoms with van der Waals surface area (Å²) < 4.78 is 27.5. The Labute approximate surface area is 203 Å². The zero-order valence-corrected chi connectivity index (χ0v) is 21.0. The van der Waals surface area contributed by atoms with Gasteiger partial charge in [-0.05, 0) is 37.9 Å². The van der Waals surface area contributed by atoms with Crippen molar-refractivity contribution in [1.82, 2.24) is 9.21 Å². The van der Waals surface area contributed by atoms with E-state index in [4.69, 9.17) is 10.2 Å². The molecule has 0 fully saturated rings. The van der Waals surface area contributed by atoms with E-state index in [2.05, 4.69) is 6.92 Å². The molecule has 0 amide bonds. The molecular weight excluding hydrogens is 460 g/mol. The van der Waals surface area contributed by atoms with Crippen LogP contribution in [-0.2, 0) is 26.2 Å². The molecule has 0 saturated heterocycles. The maximum atomic E-state index is 13.1. The van der Waals surface area contributed by atoms with Gasteiger partial charge in [0.25, 0.3) is 0 Å². The summed E-state index contributed by atoms with van der Waals surface area (Å²) in [5.41, 5.74) is 0.826. The van der Waals surface area contributed by atoms with Gasteiger partial charge in [0.05, 0.1) is 11.9 Å². The molecule has 0 bridgehead atoms. The number of sulfonamides is 1. The minimum Gasteiger partial charge on any atom is -0.481 e. The second-order valence-electron chi connectivity index (χ2n) is 8.60. The summed E-state index contributed by atoms with van der Waals surface area (Å²) in [5, 5.41) is 28.6. The molecule has 0 saturated carbocycles. The van der Waals surface area contributed by atoms with Gasteiger partial charge in [0.15, 0.2) is 0 Å². The molecule has 0 heterocycles. The molecule has 1 atom stereocenters. The van der Waals surface area contributed by atoms with Crippen molar-refractivity contribution in [2.75, 3.05) is 31.9 Å². The highest BCUT2D eigenvalue weighted by Crippen LogP contribution is 2.14. The van der Waals surface area contributed by atoms with E-state index in [0.29, 0.717) is 32.4 Å². The van der Waals surface area contributed by atoms with E-state index in [0.717, 1.165) is 24.8 Å². The topological polar surface area (TPSA) is 135 Å². The summed E-state index contributed by atoms with van der Waals surface area (Å²) in [6.07, 6.45) is 3.04. The number of carboxylic acid groups (broad SMARTS) is 2. The average Bonchev–Trinajstić information content (AvgIpc) is 2.76. The molecule has 10 heteroatoms.